The quantitative estimate of drug-likeness (QED) is 0.183. The molecule has 3 rings (SSSR count). The zero-order valence-corrected chi connectivity index (χ0v) is 22.2. The SMILES string of the molecule is COCOc1ccc(C2CC2)cc1Sc1ccc(CC[C@@](N)(CCCO)COP(=O)(O)O)c(Cl)c1. The van der Waals surface area contributed by atoms with Gasteiger partial charge in [0.1, 0.15) is 5.75 Å². The summed E-state index contributed by atoms with van der Waals surface area (Å²) in [5.41, 5.74) is 7.54. The van der Waals surface area contributed by atoms with E-state index in [0.717, 1.165) is 21.1 Å². The van der Waals surface area contributed by atoms with Gasteiger partial charge in [0, 0.05) is 29.2 Å². The number of phosphoric ester groups is 1. The van der Waals surface area contributed by atoms with Gasteiger partial charge in [-0.1, -0.05) is 35.5 Å². The predicted octanol–water partition coefficient (Wildman–Crippen LogP) is 4.86. The van der Waals surface area contributed by atoms with Gasteiger partial charge in [0.05, 0.1) is 11.5 Å². The average Bonchev–Trinajstić information content (AvgIpc) is 3.65. The van der Waals surface area contributed by atoms with Crippen LogP contribution < -0.4 is 10.5 Å². The normalized spacial score (nSPS) is 15.7. The van der Waals surface area contributed by atoms with E-state index in [0.29, 0.717) is 36.6 Å². The summed E-state index contributed by atoms with van der Waals surface area (Å²) in [4.78, 5) is 20.1. The Balaban J connectivity index is 1.70. The molecule has 0 amide bonds. The van der Waals surface area contributed by atoms with Crippen LogP contribution in [-0.4, -0.2) is 47.5 Å². The first-order valence-corrected chi connectivity index (χ1v) is 14.2. The molecule has 5 N–H and O–H groups in total. The van der Waals surface area contributed by atoms with E-state index < -0.39 is 13.4 Å². The summed E-state index contributed by atoms with van der Waals surface area (Å²) < 4.78 is 26.6. The molecule has 0 unspecified atom stereocenters. The summed E-state index contributed by atoms with van der Waals surface area (Å²) >= 11 is 8.16. The second kappa shape index (κ2) is 12.9. The van der Waals surface area contributed by atoms with Crippen molar-refractivity contribution in [1.29, 1.82) is 0 Å². The fourth-order valence-electron chi connectivity index (χ4n) is 3.73. The minimum atomic E-state index is -4.65. The predicted molar refractivity (Wildman–Crippen MR) is 136 cm³/mol. The molecule has 1 fully saturated rings. The Morgan fingerprint density at radius 1 is 1.20 bits per heavy atom. The van der Waals surface area contributed by atoms with Crippen molar-refractivity contribution < 1.29 is 33.5 Å². The monoisotopic (exact) mass is 545 g/mol. The van der Waals surface area contributed by atoms with E-state index in [-0.39, 0.29) is 20.0 Å². The van der Waals surface area contributed by atoms with Crippen molar-refractivity contribution in [3.8, 4) is 5.75 Å². The Labute approximate surface area is 215 Å². The van der Waals surface area contributed by atoms with Crippen LogP contribution in [0.3, 0.4) is 0 Å². The molecule has 0 bridgehead atoms. The van der Waals surface area contributed by atoms with Crippen molar-refractivity contribution in [3.63, 3.8) is 0 Å². The van der Waals surface area contributed by atoms with Gasteiger partial charge in [-0.05, 0) is 79.8 Å². The smallest absolute Gasteiger partial charge is 0.466 e. The van der Waals surface area contributed by atoms with E-state index in [2.05, 4.69) is 16.7 Å². The van der Waals surface area contributed by atoms with Crippen molar-refractivity contribution >= 4 is 31.2 Å². The Hall–Kier alpha value is -1.13. The lowest BCUT2D eigenvalue weighted by Gasteiger charge is -2.29. The van der Waals surface area contributed by atoms with Gasteiger partial charge in [0.25, 0.3) is 0 Å². The van der Waals surface area contributed by atoms with Crippen LogP contribution in [-0.2, 0) is 20.2 Å². The number of hydrogen-bond donors (Lipinski definition) is 4. The highest BCUT2D eigenvalue weighted by Gasteiger charge is 2.29. The minimum absolute atomic E-state index is 0.0699. The second-order valence-corrected chi connectivity index (χ2v) is 11.6. The highest BCUT2D eigenvalue weighted by Crippen LogP contribution is 2.44. The van der Waals surface area contributed by atoms with E-state index in [1.165, 1.54) is 18.4 Å². The molecule has 11 heteroatoms. The summed E-state index contributed by atoms with van der Waals surface area (Å²) in [6.07, 6.45) is 4.06. The maximum Gasteiger partial charge on any atom is 0.469 e. The van der Waals surface area contributed by atoms with Crippen molar-refractivity contribution in [2.24, 2.45) is 5.73 Å². The second-order valence-electron chi connectivity index (χ2n) is 8.84. The van der Waals surface area contributed by atoms with E-state index in [1.807, 2.05) is 24.3 Å². The van der Waals surface area contributed by atoms with Crippen LogP contribution in [0, 0.1) is 0 Å². The van der Waals surface area contributed by atoms with Crippen LogP contribution in [0.2, 0.25) is 5.02 Å². The molecule has 0 aromatic heterocycles. The van der Waals surface area contributed by atoms with Crippen molar-refractivity contribution in [1.82, 2.24) is 0 Å². The molecule has 0 saturated heterocycles. The van der Waals surface area contributed by atoms with E-state index >= 15 is 0 Å². The number of benzene rings is 2. The number of aliphatic hydroxyl groups excluding tert-OH is 1. The van der Waals surface area contributed by atoms with E-state index in [9.17, 15) is 4.57 Å². The zero-order chi connectivity index (χ0) is 25.5. The van der Waals surface area contributed by atoms with Gasteiger partial charge in [-0.3, -0.25) is 4.52 Å². The molecule has 1 atom stereocenters. The van der Waals surface area contributed by atoms with Crippen molar-refractivity contribution in [2.45, 2.75) is 59.8 Å². The van der Waals surface area contributed by atoms with Gasteiger partial charge in [-0.15, -0.1) is 0 Å². The number of phosphoric acid groups is 1. The lowest BCUT2D eigenvalue weighted by atomic mass is 9.88. The highest BCUT2D eigenvalue weighted by atomic mass is 35.5. The Morgan fingerprint density at radius 2 is 1.97 bits per heavy atom. The van der Waals surface area contributed by atoms with E-state index in [4.69, 9.17) is 41.7 Å². The van der Waals surface area contributed by atoms with E-state index in [1.54, 1.807) is 18.9 Å². The minimum Gasteiger partial charge on any atom is -0.466 e. The fraction of sp³-hybridized carbons (Fsp3) is 0.500. The number of methoxy groups -OCH3 is 1. The Bertz CT molecular complexity index is 1030. The molecular weight excluding hydrogens is 513 g/mol. The first-order chi connectivity index (χ1) is 16.6. The number of nitrogens with two attached hydrogens (primary N) is 1. The third-order valence-electron chi connectivity index (χ3n) is 5.85. The largest absolute Gasteiger partial charge is 0.469 e. The molecule has 194 valence electrons. The molecule has 35 heavy (non-hydrogen) atoms. The molecule has 1 aliphatic carbocycles. The van der Waals surface area contributed by atoms with Gasteiger partial charge in [-0.2, -0.15) is 0 Å². The molecule has 0 aliphatic heterocycles. The molecule has 1 saturated carbocycles. The molecule has 1 aliphatic rings. The number of rotatable bonds is 15. The third kappa shape index (κ3) is 9.35. The molecule has 0 radical (unpaired) electrons. The van der Waals surface area contributed by atoms with Crippen LogP contribution in [0.25, 0.3) is 0 Å². The van der Waals surface area contributed by atoms with Crippen LogP contribution >= 0.6 is 31.2 Å². The Morgan fingerprint density at radius 3 is 2.60 bits per heavy atom. The number of aliphatic hydroxyl groups is 1. The van der Waals surface area contributed by atoms with Crippen LogP contribution in [0.15, 0.2) is 46.2 Å². The highest BCUT2D eigenvalue weighted by molar-refractivity contribution is 7.99. The summed E-state index contributed by atoms with van der Waals surface area (Å²) in [5, 5.41) is 9.74. The van der Waals surface area contributed by atoms with Gasteiger partial charge in [0.15, 0.2) is 6.79 Å². The molecular formula is C24H33ClNO7PS. The van der Waals surface area contributed by atoms with Gasteiger partial charge >= 0.3 is 7.82 Å². The number of aryl methyl sites for hydroxylation is 1. The Kier molecular flexibility index (Phi) is 10.5. The zero-order valence-electron chi connectivity index (χ0n) is 19.7. The summed E-state index contributed by atoms with van der Waals surface area (Å²) in [6.45, 7) is -0.219. The van der Waals surface area contributed by atoms with Crippen LogP contribution in [0.4, 0.5) is 0 Å². The molecule has 2 aromatic rings. The average molecular weight is 546 g/mol. The molecule has 8 nitrogen and oxygen atoms in total. The van der Waals surface area contributed by atoms with Gasteiger partial charge < -0.3 is 30.1 Å². The molecule has 2 aromatic carbocycles. The topological polar surface area (TPSA) is 131 Å². The number of ether oxygens (including phenoxy) is 2. The standard InChI is InChI=1S/C24H33ClNO7PS/c1-31-16-32-22-8-6-19(17-3-4-17)13-23(22)35-20-7-5-18(21(25)14-20)9-11-24(26,10-2-12-27)15-33-34(28,29)30/h5-8,13-14,17,27H,2-4,9-12,15-16,26H2,1H3,(H2,28,29,30)/t24-/m0/s1. The first-order valence-electron chi connectivity index (χ1n) is 11.4. The molecule has 0 heterocycles. The van der Waals surface area contributed by atoms with Gasteiger partial charge in [-0.25, -0.2) is 4.57 Å². The lowest BCUT2D eigenvalue weighted by Crippen LogP contribution is -2.45. The molecule has 0 spiro atoms. The maximum atomic E-state index is 11.1. The van der Waals surface area contributed by atoms with Crippen LogP contribution in [0.1, 0.15) is 49.1 Å². The number of hydrogen-bond acceptors (Lipinski definition) is 7. The summed E-state index contributed by atoms with van der Waals surface area (Å²) in [6, 6.07) is 12.1. The van der Waals surface area contributed by atoms with Crippen molar-refractivity contribution in [2.75, 3.05) is 27.1 Å². The van der Waals surface area contributed by atoms with Crippen molar-refractivity contribution in [3.05, 3.63) is 52.5 Å². The maximum absolute atomic E-state index is 11.1. The van der Waals surface area contributed by atoms with Crippen LogP contribution in [0.5, 0.6) is 5.75 Å². The summed E-state index contributed by atoms with van der Waals surface area (Å²) in [5.74, 6) is 1.37. The van der Waals surface area contributed by atoms with Gasteiger partial charge in [0.2, 0.25) is 0 Å². The fourth-order valence-corrected chi connectivity index (χ4v) is 5.49. The third-order valence-corrected chi connectivity index (χ3v) is 7.69. The number of halogens is 1. The summed E-state index contributed by atoms with van der Waals surface area (Å²) in [7, 11) is -3.06. The lowest BCUT2D eigenvalue weighted by molar-refractivity contribution is 0.0491. The first kappa shape index (κ1) is 28.4.